The van der Waals surface area contributed by atoms with Gasteiger partial charge in [-0.25, -0.2) is 9.55 Å². The van der Waals surface area contributed by atoms with Gasteiger partial charge in [-0.2, -0.15) is 0 Å². The molecule has 31 heavy (non-hydrogen) atoms. The fourth-order valence-corrected chi connectivity index (χ4v) is 4.33. The fraction of sp³-hybridized carbons (Fsp3) is 0.476. The maximum absolute atomic E-state index is 12.9. The molecule has 1 heterocycles. The Labute approximate surface area is 188 Å². The maximum Gasteiger partial charge on any atom is 0.530 e. The Kier molecular flexibility index (Phi) is 9.91. The van der Waals surface area contributed by atoms with Gasteiger partial charge < -0.3 is 18.6 Å². The van der Waals surface area contributed by atoms with Gasteiger partial charge in [0.05, 0.1) is 27.4 Å². The van der Waals surface area contributed by atoms with E-state index in [1.54, 1.807) is 40.3 Å². The summed E-state index contributed by atoms with van der Waals surface area (Å²) in [5, 5.41) is 0. The molecule has 0 saturated carbocycles. The van der Waals surface area contributed by atoms with Gasteiger partial charge in [-0.05, 0) is 51.0 Å². The van der Waals surface area contributed by atoms with Crippen molar-refractivity contribution in [3.8, 4) is 11.5 Å². The van der Waals surface area contributed by atoms with E-state index in [2.05, 4.69) is 4.98 Å². The molecule has 2 rings (SSSR count). The summed E-state index contributed by atoms with van der Waals surface area (Å²) in [6.07, 6.45) is 4.02. The number of nitrogens with zero attached hydrogens (tertiary/aromatic N) is 2. The summed E-state index contributed by atoms with van der Waals surface area (Å²) in [5.41, 5.74) is 1.98. The predicted octanol–water partition coefficient (Wildman–Crippen LogP) is 5.23. The van der Waals surface area contributed by atoms with Crippen LogP contribution in [0.15, 0.2) is 30.5 Å². The number of benzene rings is 1. The molecule has 172 valence electrons. The number of alkyl halides is 1. The minimum absolute atomic E-state index is 0.148. The van der Waals surface area contributed by atoms with Crippen LogP contribution in [0.2, 0.25) is 0 Å². The number of hydrogen-bond donors (Lipinski definition) is 0. The Morgan fingerprint density at radius 2 is 1.84 bits per heavy atom. The third kappa shape index (κ3) is 6.74. The molecule has 1 aromatic heterocycles. The van der Waals surface area contributed by atoms with E-state index in [4.69, 9.17) is 34.6 Å². The van der Waals surface area contributed by atoms with E-state index in [0.717, 1.165) is 11.3 Å². The van der Waals surface area contributed by atoms with Gasteiger partial charge in [0.15, 0.2) is 23.1 Å². The number of imidazole rings is 1. The average Bonchev–Trinajstić information content (AvgIpc) is 3.12. The van der Waals surface area contributed by atoms with Crippen LogP contribution in [-0.2, 0) is 31.1 Å². The first-order valence-electron chi connectivity index (χ1n) is 9.99. The first-order valence-corrected chi connectivity index (χ1v) is 12.0. The van der Waals surface area contributed by atoms with Gasteiger partial charge in [0.2, 0.25) is 0 Å². The molecule has 1 aromatic carbocycles. The summed E-state index contributed by atoms with van der Waals surface area (Å²) in [4.78, 5) is 4.45. The summed E-state index contributed by atoms with van der Waals surface area (Å²) in [6.45, 7) is 6.33. The van der Waals surface area contributed by atoms with Crippen LogP contribution >= 0.6 is 19.4 Å². The molecule has 10 heteroatoms. The first kappa shape index (κ1) is 25.3. The molecule has 0 spiro atoms. The van der Waals surface area contributed by atoms with E-state index >= 15 is 0 Å². The number of rotatable bonds is 13. The SMILES string of the molecule is CCOP(=O)(OCC)O/C(=C/CCl)c1ncc(C)n1CCc1ccc(OC)c(OC)c1. The number of hydrogen-bond acceptors (Lipinski definition) is 7. The largest absolute Gasteiger partial charge is 0.530 e. The van der Waals surface area contributed by atoms with Gasteiger partial charge >= 0.3 is 7.82 Å². The molecule has 0 aliphatic heterocycles. The standard InChI is InChI=1S/C21H30ClN2O6P/c1-6-28-31(25,29-7-2)30-19(10-12-22)21-23-15-16(3)24(21)13-11-17-8-9-18(26-4)20(14-17)27-5/h8-10,14-15H,6-7,11-13H2,1-5H3/b19-10+. The molecule has 0 N–H and O–H groups in total. The highest BCUT2D eigenvalue weighted by Gasteiger charge is 2.30. The van der Waals surface area contributed by atoms with E-state index in [9.17, 15) is 4.57 Å². The number of ether oxygens (including phenoxy) is 2. The first-order chi connectivity index (χ1) is 14.9. The van der Waals surface area contributed by atoms with E-state index in [-0.39, 0.29) is 24.9 Å². The number of allylic oxidation sites excluding steroid dienone is 1. The van der Waals surface area contributed by atoms with Gasteiger partial charge in [0.25, 0.3) is 0 Å². The molecule has 8 nitrogen and oxygen atoms in total. The van der Waals surface area contributed by atoms with Crippen molar-refractivity contribution in [1.82, 2.24) is 9.55 Å². The van der Waals surface area contributed by atoms with Gasteiger partial charge in [-0.15, -0.1) is 11.6 Å². The van der Waals surface area contributed by atoms with Gasteiger partial charge in [-0.1, -0.05) is 6.07 Å². The lowest BCUT2D eigenvalue weighted by molar-refractivity contribution is 0.159. The van der Waals surface area contributed by atoms with Crippen molar-refractivity contribution in [2.24, 2.45) is 0 Å². The summed E-state index contributed by atoms with van der Waals surface area (Å²) in [7, 11) is -0.578. The molecular formula is C21H30ClN2O6P. The third-order valence-electron chi connectivity index (χ3n) is 4.39. The quantitative estimate of drug-likeness (QED) is 0.224. The number of halogens is 1. The molecule has 0 radical (unpaired) electrons. The fourth-order valence-electron chi connectivity index (χ4n) is 2.98. The average molecular weight is 473 g/mol. The van der Waals surface area contributed by atoms with E-state index in [1.165, 1.54) is 0 Å². The van der Waals surface area contributed by atoms with Gasteiger partial charge in [0.1, 0.15) is 0 Å². The van der Waals surface area contributed by atoms with Crippen LogP contribution in [0.1, 0.15) is 30.9 Å². The lowest BCUT2D eigenvalue weighted by Gasteiger charge is -2.20. The van der Waals surface area contributed by atoms with E-state index < -0.39 is 7.82 Å². The van der Waals surface area contributed by atoms with Crippen molar-refractivity contribution in [3.63, 3.8) is 0 Å². The van der Waals surface area contributed by atoms with Crippen LogP contribution in [0.3, 0.4) is 0 Å². The second-order valence-electron chi connectivity index (χ2n) is 6.41. The smallest absolute Gasteiger partial charge is 0.493 e. The summed E-state index contributed by atoms with van der Waals surface area (Å²) >= 11 is 5.93. The normalized spacial score (nSPS) is 12.1. The molecule has 0 atom stereocenters. The number of methoxy groups -OCH3 is 2. The molecule has 0 saturated heterocycles. The second kappa shape index (κ2) is 12.2. The highest BCUT2D eigenvalue weighted by atomic mass is 35.5. The summed E-state index contributed by atoms with van der Waals surface area (Å²) < 4.78 is 41.7. The van der Waals surface area contributed by atoms with Crippen LogP contribution in [0.4, 0.5) is 0 Å². The zero-order valence-corrected chi connectivity index (χ0v) is 20.2. The summed E-state index contributed by atoms with van der Waals surface area (Å²) in [6, 6.07) is 5.80. The maximum atomic E-state index is 12.9. The highest BCUT2D eigenvalue weighted by molar-refractivity contribution is 7.48. The second-order valence-corrected chi connectivity index (χ2v) is 8.31. The minimum atomic E-state index is -3.79. The zero-order chi connectivity index (χ0) is 22.9. The van der Waals surface area contributed by atoms with Gasteiger partial charge in [-0.3, -0.25) is 9.05 Å². The Morgan fingerprint density at radius 3 is 2.42 bits per heavy atom. The van der Waals surface area contributed by atoms with Crippen LogP contribution in [0.25, 0.3) is 5.76 Å². The van der Waals surface area contributed by atoms with E-state index in [0.29, 0.717) is 30.3 Å². The van der Waals surface area contributed by atoms with Crippen LogP contribution in [-0.4, -0.2) is 42.9 Å². The molecule has 0 aliphatic rings. The molecular weight excluding hydrogens is 443 g/mol. The van der Waals surface area contributed by atoms with Crippen molar-refractivity contribution in [2.45, 2.75) is 33.7 Å². The van der Waals surface area contributed by atoms with Crippen molar-refractivity contribution < 1.29 is 27.6 Å². The Balaban J connectivity index is 2.29. The van der Waals surface area contributed by atoms with Crippen LogP contribution in [0, 0.1) is 6.92 Å². The molecule has 0 unspecified atom stereocenters. The Hall–Kier alpha value is -1.99. The topological polar surface area (TPSA) is 81.0 Å². The van der Waals surface area contributed by atoms with Crippen molar-refractivity contribution in [2.75, 3.05) is 33.3 Å². The van der Waals surface area contributed by atoms with Crippen molar-refractivity contribution in [1.29, 1.82) is 0 Å². The lowest BCUT2D eigenvalue weighted by Crippen LogP contribution is -2.10. The van der Waals surface area contributed by atoms with Crippen molar-refractivity contribution >= 4 is 25.2 Å². The number of aryl methyl sites for hydroxylation is 2. The minimum Gasteiger partial charge on any atom is -0.493 e. The van der Waals surface area contributed by atoms with Crippen LogP contribution in [0.5, 0.6) is 11.5 Å². The number of phosphoric acid groups is 1. The highest BCUT2D eigenvalue weighted by Crippen LogP contribution is 2.52. The summed E-state index contributed by atoms with van der Waals surface area (Å²) in [5.74, 6) is 2.24. The molecule has 0 fully saturated rings. The number of aromatic nitrogens is 2. The molecule has 0 bridgehead atoms. The zero-order valence-electron chi connectivity index (χ0n) is 18.6. The number of phosphoric ester groups is 1. The monoisotopic (exact) mass is 472 g/mol. The molecule has 0 amide bonds. The molecule has 0 aliphatic carbocycles. The predicted molar refractivity (Wildman–Crippen MR) is 121 cm³/mol. The van der Waals surface area contributed by atoms with Crippen LogP contribution < -0.4 is 9.47 Å². The lowest BCUT2D eigenvalue weighted by atomic mass is 10.1. The van der Waals surface area contributed by atoms with E-state index in [1.807, 2.05) is 29.7 Å². The van der Waals surface area contributed by atoms with Crippen molar-refractivity contribution in [3.05, 3.63) is 47.6 Å². The third-order valence-corrected chi connectivity index (χ3v) is 6.12. The van der Waals surface area contributed by atoms with Gasteiger partial charge in [0, 0.05) is 24.3 Å². The Bertz CT molecular complexity index is 921. The Morgan fingerprint density at radius 1 is 1.16 bits per heavy atom. The molecule has 2 aromatic rings.